The number of rotatable bonds is 3. The zero-order valence-electron chi connectivity index (χ0n) is 16.3. The van der Waals surface area contributed by atoms with Crippen molar-refractivity contribution in [2.75, 3.05) is 25.5 Å². The Kier molecular flexibility index (Phi) is 5.10. The highest BCUT2D eigenvalue weighted by atomic mass is 19.1. The summed E-state index contributed by atoms with van der Waals surface area (Å²) in [5.74, 6) is -0.333. The van der Waals surface area contributed by atoms with Crippen LogP contribution < -0.4 is 5.32 Å². The lowest BCUT2D eigenvalue weighted by Gasteiger charge is -2.25. The number of amidine groups is 2. The van der Waals surface area contributed by atoms with Crippen LogP contribution in [0.2, 0.25) is 0 Å². The molecule has 0 spiro atoms. The second kappa shape index (κ2) is 7.71. The normalized spacial score (nSPS) is 16.6. The fourth-order valence-corrected chi connectivity index (χ4v) is 3.77. The van der Waals surface area contributed by atoms with Gasteiger partial charge in [0.25, 0.3) is 5.91 Å². The average molecular weight is 394 g/mol. The molecule has 2 aromatic rings. The lowest BCUT2D eigenvalue weighted by atomic mass is 9.97. The summed E-state index contributed by atoms with van der Waals surface area (Å²) in [5, 5.41) is 18.9. The largest absolute Gasteiger partial charge is 0.314 e. The third-order valence-electron chi connectivity index (χ3n) is 5.36. The Bertz CT molecular complexity index is 1000. The van der Waals surface area contributed by atoms with Crippen molar-refractivity contribution in [1.29, 1.82) is 10.8 Å². The van der Waals surface area contributed by atoms with Crippen LogP contribution >= 0.6 is 0 Å². The molecular formula is C21H23FN6O. The molecule has 0 bridgehead atoms. The lowest BCUT2D eigenvalue weighted by Crippen LogP contribution is -2.32. The van der Waals surface area contributed by atoms with Crippen LogP contribution in [0.3, 0.4) is 0 Å². The van der Waals surface area contributed by atoms with Crippen molar-refractivity contribution in [1.82, 2.24) is 14.8 Å². The fraction of sp³-hybridized carbons (Fsp3) is 0.333. The summed E-state index contributed by atoms with van der Waals surface area (Å²) in [5.41, 5.74) is 2.25. The first-order valence-electron chi connectivity index (χ1n) is 9.64. The number of anilines is 1. The van der Waals surface area contributed by atoms with E-state index in [-0.39, 0.29) is 17.2 Å². The molecule has 2 aliphatic rings. The molecule has 7 nitrogen and oxygen atoms in total. The van der Waals surface area contributed by atoms with Crippen molar-refractivity contribution in [2.45, 2.75) is 25.8 Å². The Labute approximate surface area is 168 Å². The van der Waals surface area contributed by atoms with Crippen molar-refractivity contribution >= 4 is 23.4 Å². The molecule has 8 heteroatoms. The molecule has 3 heterocycles. The molecule has 0 unspecified atom stereocenters. The number of benzene rings is 1. The van der Waals surface area contributed by atoms with E-state index in [0.717, 1.165) is 30.5 Å². The number of pyridine rings is 1. The second-order valence-corrected chi connectivity index (χ2v) is 7.50. The minimum absolute atomic E-state index is 0.0114. The summed E-state index contributed by atoms with van der Waals surface area (Å²) in [7, 11) is 2.00. The number of carbonyl (C=O) groups excluding carboxylic acids is 1. The molecule has 0 saturated carbocycles. The summed E-state index contributed by atoms with van der Waals surface area (Å²) in [6, 6.07) is 8.03. The van der Waals surface area contributed by atoms with Crippen LogP contribution in [0.25, 0.3) is 0 Å². The van der Waals surface area contributed by atoms with Crippen molar-refractivity contribution in [3.63, 3.8) is 0 Å². The van der Waals surface area contributed by atoms with E-state index in [9.17, 15) is 9.18 Å². The van der Waals surface area contributed by atoms with Crippen LogP contribution in [-0.2, 0) is 13.0 Å². The molecule has 1 aromatic heterocycles. The first kappa shape index (κ1) is 19.2. The van der Waals surface area contributed by atoms with Gasteiger partial charge in [0.1, 0.15) is 23.2 Å². The van der Waals surface area contributed by atoms with Crippen LogP contribution in [0.1, 0.15) is 40.0 Å². The molecule has 1 amide bonds. The summed E-state index contributed by atoms with van der Waals surface area (Å²) in [6.45, 7) is 2.17. The second-order valence-electron chi connectivity index (χ2n) is 7.50. The minimum atomic E-state index is -0.566. The van der Waals surface area contributed by atoms with E-state index in [2.05, 4.69) is 15.2 Å². The number of nitrogens with zero attached hydrogens (tertiary/aromatic N) is 3. The van der Waals surface area contributed by atoms with Crippen molar-refractivity contribution in [2.24, 2.45) is 0 Å². The van der Waals surface area contributed by atoms with E-state index in [1.165, 1.54) is 6.07 Å². The molecule has 3 N–H and O–H groups in total. The molecule has 1 fully saturated rings. The van der Waals surface area contributed by atoms with Crippen molar-refractivity contribution in [3.05, 3.63) is 58.5 Å². The maximum atomic E-state index is 14.5. The molecule has 29 heavy (non-hydrogen) atoms. The van der Waals surface area contributed by atoms with Gasteiger partial charge in [-0.1, -0.05) is 6.07 Å². The van der Waals surface area contributed by atoms with Gasteiger partial charge in [0.2, 0.25) is 0 Å². The van der Waals surface area contributed by atoms with Gasteiger partial charge >= 0.3 is 0 Å². The number of halogens is 1. The third-order valence-corrected chi connectivity index (χ3v) is 5.36. The highest BCUT2D eigenvalue weighted by molar-refractivity contribution is 6.07. The number of carbonyl (C=O) groups is 1. The molecule has 1 aromatic carbocycles. The maximum absolute atomic E-state index is 14.5. The number of likely N-dealkylation sites (N-methyl/N-ethyl adjacent to an activating group) is 1. The summed E-state index contributed by atoms with van der Waals surface area (Å²) in [6.07, 6.45) is 2.25. The van der Waals surface area contributed by atoms with Gasteiger partial charge in [-0.3, -0.25) is 15.6 Å². The van der Waals surface area contributed by atoms with E-state index in [0.29, 0.717) is 31.0 Å². The Morgan fingerprint density at radius 1 is 1.21 bits per heavy atom. The standard InChI is InChI=1S/C21H23FN6O/c1-27-9-7-13-11-16(22)15(10-14(13)12-27)21(29)26-19-6-2-4-17(25-19)20(24)28-8-3-5-18(28)23/h2,4,6,10-11,23-24H,3,5,7-9,12H2,1H3,(H,25,26,29). The Morgan fingerprint density at radius 3 is 2.79 bits per heavy atom. The van der Waals surface area contributed by atoms with Gasteiger partial charge in [0.15, 0.2) is 5.84 Å². The zero-order valence-corrected chi connectivity index (χ0v) is 16.3. The highest BCUT2D eigenvalue weighted by Crippen LogP contribution is 2.23. The molecule has 0 radical (unpaired) electrons. The topological polar surface area (TPSA) is 96.2 Å². The minimum Gasteiger partial charge on any atom is -0.314 e. The lowest BCUT2D eigenvalue weighted by molar-refractivity contribution is 0.102. The smallest absolute Gasteiger partial charge is 0.259 e. The van der Waals surface area contributed by atoms with Gasteiger partial charge in [-0.15, -0.1) is 0 Å². The molecule has 2 aliphatic heterocycles. The first-order chi connectivity index (χ1) is 13.9. The van der Waals surface area contributed by atoms with E-state index in [4.69, 9.17) is 10.8 Å². The third kappa shape index (κ3) is 3.88. The SMILES string of the molecule is CN1CCc2cc(F)c(C(=O)Nc3cccc(C(=N)N4CCCC4=N)n3)cc2C1. The molecule has 0 aliphatic carbocycles. The van der Waals surface area contributed by atoms with E-state index < -0.39 is 11.7 Å². The predicted octanol–water partition coefficient (Wildman–Crippen LogP) is 2.86. The van der Waals surface area contributed by atoms with Crippen LogP contribution in [0, 0.1) is 16.6 Å². The van der Waals surface area contributed by atoms with Gasteiger partial charge in [-0.05, 0) is 55.3 Å². The number of hydrogen-bond donors (Lipinski definition) is 3. The molecule has 4 rings (SSSR count). The molecule has 0 atom stereocenters. The Hall–Kier alpha value is -3.13. The monoisotopic (exact) mass is 394 g/mol. The number of likely N-dealkylation sites (tertiary alicyclic amines) is 1. The predicted molar refractivity (Wildman–Crippen MR) is 109 cm³/mol. The number of aromatic nitrogens is 1. The van der Waals surface area contributed by atoms with Gasteiger partial charge in [-0.2, -0.15) is 0 Å². The number of nitrogens with one attached hydrogen (secondary N) is 3. The van der Waals surface area contributed by atoms with Gasteiger partial charge in [-0.25, -0.2) is 9.37 Å². The van der Waals surface area contributed by atoms with Crippen LogP contribution in [0.4, 0.5) is 10.2 Å². The average Bonchev–Trinajstić information content (AvgIpc) is 3.13. The van der Waals surface area contributed by atoms with Gasteiger partial charge < -0.3 is 15.1 Å². The van der Waals surface area contributed by atoms with E-state index >= 15 is 0 Å². The summed E-state index contributed by atoms with van der Waals surface area (Å²) >= 11 is 0. The number of fused-ring (bicyclic) bond motifs is 1. The Balaban J connectivity index is 1.54. The van der Waals surface area contributed by atoms with E-state index in [1.807, 2.05) is 7.05 Å². The van der Waals surface area contributed by atoms with Crippen LogP contribution in [0.15, 0.2) is 30.3 Å². The van der Waals surface area contributed by atoms with E-state index in [1.54, 1.807) is 29.2 Å². The molecular weight excluding hydrogens is 371 g/mol. The molecule has 150 valence electrons. The maximum Gasteiger partial charge on any atom is 0.259 e. The van der Waals surface area contributed by atoms with Gasteiger partial charge in [0, 0.05) is 26.1 Å². The number of amides is 1. The highest BCUT2D eigenvalue weighted by Gasteiger charge is 2.23. The van der Waals surface area contributed by atoms with Gasteiger partial charge in [0.05, 0.1) is 5.56 Å². The quantitative estimate of drug-likeness (QED) is 0.551. The van der Waals surface area contributed by atoms with Crippen molar-refractivity contribution in [3.8, 4) is 0 Å². The fourth-order valence-electron chi connectivity index (χ4n) is 3.77. The number of hydrogen-bond acceptors (Lipinski definition) is 5. The zero-order chi connectivity index (χ0) is 20.5. The molecule has 1 saturated heterocycles. The van der Waals surface area contributed by atoms with Crippen LogP contribution in [0.5, 0.6) is 0 Å². The first-order valence-corrected chi connectivity index (χ1v) is 9.64. The summed E-state index contributed by atoms with van der Waals surface area (Å²) in [4.78, 5) is 20.7. The summed E-state index contributed by atoms with van der Waals surface area (Å²) < 4.78 is 14.5. The van der Waals surface area contributed by atoms with Crippen LogP contribution in [-0.4, -0.2) is 52.5 Å². The van der Waals surface area contributed by atoms with Crippen molar-refractivity contribution < 1.29 is 9.18 Å². The Morgan fingerprint density at radius 2 is 2.03 bits per heavy atom.